The molecule has 0 amide bonds. The molecule has 1 aromatic rings. The van der Waals surface area contributed by atoms with E-state index in [1.807, 2.05) is 0 Å². The van der Waals surface area contributed by atoms with E-state index in [0.717, 1.165) is 6.42 Å². The second-order valence-corrected chi connectivity index (χ2v) is 3.67. The third-order valence-corrected chi connectivity index (χ3v) is 2.60. The predicted octanol–water partition coefficient (Wildman–Crippen LogP) is 1.94. The van der Waals surface area contributed by atoms with E-state index in [4.69, 9.17) is 5.11 Å². The number of carboxylic acid groups (broad SMARTS) is 1. The zero-order valence-electron chi connectivity index (χ0n) is 8.21. The minimum atomic E-state index is -4.77. The molecule has 0 saturated carbocycles. The molecule has 0 atom stereocenters. The maximum absolute atomic E-state index is 12.5. The normalized spacial score (nSPS) is 15.9. The molecule has 1 aromatic heterocycles. The highest BCUT2D eigenvalue weighted by molar-refractivity contribution is 5.88. The van der Waals surface area contributed by atoms with Crippen LogP contribution in [0.2, 0.25) is 0 Å². The predicted molar refractivity (Wildman–Crippen MR) is 47.1 cm³/mol. The summed E-state index contributed by atoms with van der Waals surface area (Å²) in [6.45, 7) is 0. The summed E-state index contributed by atoms with van der Waals surface area (Å²) in [7, 11) is 0. The molecule has 4 nitrogen and oxygen atoms in total. The van der Waals surface area contributed by atoms with E-state index in [1.165, 1.54) is 0 Å². The van der Waals surface area contributed by atoms with E-state index in [1.54, 1.807) is 0 Å². The lowest BCUT2D eigenvalue weighted by molar-refractivity contribution is -0.213. The largest absolute Gasteiger partial charge is 0.505 e. The number of halogens is 3. The molecule has 0 unspecified atom stereocenters. The van der Waals surface area contributed by atoms with Gasteiger partial charge in [-0.05, 0) is 25.7 Å². The summed E-state index contributed by atoms with van der Waals surface area (Å²) in [4.78, 5) is 10.8. The minimum Gasteiger partial charge on any atom is -0.477 e. The number of carboxylic acids is 1. The molecular formula is C9H9F3N2O2. The van der Waals surface area contributed by atoms with Crippen molar-refractivity contribution in [1.29, 1.82) is 0 Å². The second kappa shape index (κ2) is 3.50. The zero-order chi connectivity index (χ0) is 11.9. The van der Waals surface area contributed by atoms with Crippen LogP contribution >= 0.6 is 0 Å². The smallest absolute Gasteiger partial charge is 0.477 e. The Balaban J connectivity index is 2.61. The highest BCUT2D eigenvalue weighted by Gasteiger charge is 2.39. The number of hydrogen-bond acceptors (Lipinski definition) is 2. The summed E-state index contributed by atoms with van der Waals surface area (Å²) >= 11 is 0. The fourth-order valence-electron chi connectivity index (χ4n) is 1.96. The van der Waals surface area contributed by atoms with E-state index in [2.05, 4.69) is 5.10 Å². The maximum Gasteiger partial charge on any atom is 0.505 e. The van der Waals surface area contributed by atoms with E-state index in [9.17, 15) is 18.0 Å². The number of aryl methyl sites for hydroxylation is 1. The molecule has 2 rings (SSSR count). The van der Waals surface area contributed by atoms with Crippen molar-refractivity contribution < 1.29 is 23.1 Å². The number of carbonyl (C=O) groups is 1. The van der Waals surface area contributed by atoms with Crippen molar-refractivity contribution in [1.82, 2.24) is 9.78 Å². The lowest BCUT2D eigenvalue weighted by Crippen LogP contribution is -2.23. The van der Waals surface area contributed by atoms with Gasteiger partial charge in [-0.3, -0.25) is 0 Å². The molecule has 1 heterocycles. The van der Waals surface area contributed by atoms with Gasteiger partial charge >= 0.3 is 12.3 Å². The Kier molecular flexibility index (Phi) is 2.40. The van der Waals surface area contributed by atoms with Crippen molar-refractivity contribution in [2.24, 2.45) is 0 Å². The molecule has 16 heavy (non-hydrogen) atoms. The van der Waals surface area contributed by atoms with E-state index >= 15 is 0 Å². The summed E-state index contributed by atoms with van der Waals surface area (Å²) in [5, 5.41) is 12.2. The monoisotopic (exact) mass is 234 g/mol. The van der Waals surface area contributed by atoms with Crippen molar-refractivity contribution in [3.8, 4) is 0 Å². The summed E-state index contributed by atoms with van der Waals surface area (Å²) < 4.78 is 37.3. The number of hydrogen-bond donors (Lipinski definition) is 1. The first-order valence-electron chi connectivity index (χ1n) is 4.82. The van der Waals surface area contributed by atoms with Gasteiger partial charge in [0.25, 0.3) is 0 Å². The average molecular weight is 234 g/mol. The standard InChI is InChI=1S/C9H9F3N2O2/c10-9(11,12)14-7(8(15)16)5-3-1-2-4-6(5)13-14/h1-4H2,(H,15,16). The van der Waals surface area contributed by atoms with Crippen LogP contribution in [-0.4, -0.2) is 20.9 Å². The molecule has 88 valence electrons. The van der Waals surface area contributed by atoms with Crippen molar-refractivity contribution in [3.63, 3.8) is 0 Å². The van der Waals surface area contributed by atoms with Gasteiger partial charge in [0.15, 0.2) is 5.69 Å². The Morgan fingerprint density at radius 2 is 1.94 bits per heavy atom. The molecule has 0 aromatic carbocycles. The Bertz CT molecular complexity index is 437. The van der Waals surface area contributed by atoms with Crippen LogP contribution < -0.4 is 0 Å². The highest BCUT2D eigenvalue weighted by atomic mass is 19.4. The first-order valence-corrected chi connectivity index (χ1v) is 4.82. The fraction of sp³-hybridized carbons (Fsp3) is 0.556. The van der Waals surface area contributed by atoms with Crippen LogP contribution in [0.25, 0.3) is 0 Å². The molecule has 0 bridgehead atoms. The van der Waals surface area contributed by atoms with Crippen molar-refractivity contribution in [2.45, 2.75) is 32.0 Å². The van der Waals surface area contributed by atoms with Crippen molar-refractivity contribution >= 4 is 5.97 Å². The van der Waals surface area contributed by atoms with E-state index in [-0.39, 0.29) is 15.9 Å². The summed E-state index contributed by atoms with van der Waals surface area (Å²) in [5.74, 6) is -1.58. The van der Waals surface area contributed by atoms with Crippen LogP contribution in [0.15, 0.2) is 0 Å². The molecule has 1 aliphatic rings. The number of rotatable bonds is 1. The lowest BCUT2D eigenvalue weighted by Gasteiger charge is -2.10. The minimum absolute atomic E-state index is 0.232. The molecule has 1 N–H and O–H groups in total. The van der Waals surface area contributed by atoms with Crippen LogP contribution in [0.4, 0.5) is 13.2 Å². The topological polar surface area (TPSA) is 55.1 Å². The van der Waals surface area contributed by atoms with Gasteiger partial charge in [-0.25, -0.2) is 4.79 Å². The SMILES string of the molecule is O=C(O)c1c2c(nn1C(F)(F)F)CCCC2. The summed E-state index contributed by atoms with van der Waals surface area (Å²) in [5.41, 5.74) is -0.237. The molecule has 7 heteroatoms. The van der Waals surface area contributed by atoms with Crippen LogP contribution in [0.3, 0.4) is 0 Å². The molecule has 0 aliphatic heterocycles. The molecule has 0 radical (unpaired) electrons. The molecule has 0 fully saturated rings. The third kappa shape index (κ3) is 1.66. The Hall–Kier alpha value is -1.53. The van der Waals surface area contributed by atoms with Crippen LogP contribution in [0.5, 0.6) is 0 Å². The Morgan fingerprint density at radius 3 is 2.50 bits per heavy atom. The number of aromatic carboxylic acids is 1. The number of alkyl halides is 3. The Morgan fingerprint density at radius 1 is 1.31 bits per heavy atom. The van der Waals surface area contributed by atoms with Gasteiger partial charge in [0.2, 0.25) is 0 Å². The fourth-order valence-corrected chi connectivity index (χ4v) is 1.96. The van der Waals surface area contributed by atoms with Crippen molar-refractivity contribution in [3.05, 3.63) is 17.0 Å². The van der Waals surface area contributed by atoms with E-state index < -0.39 is 18.0 Å². The van der Waals surface area contributed by atoms with Crippen LogP contribution in [0, 0.1) is 0 Å². The highest BCUT2D eigenvalue weighted by Crippen LogP contribution is 2.30. The van der Waals surface area contributed by atoms with Gasteiger partial charge < -0.3 is 5.11 Å². The van der Waals surface area contributed by atoms with Crippen LogP contribution in [0.1, 0.15) is 34.6 Å². The Labute approximate surface area is 88.7 Å². The number of nitrogens with zero attached hydrogens (tertiary/aromatic N) is 2. The first kappa shape index (κ1) is 11.0. The number of aromatic nitrogens is 2. The third-order valence-electron chi connectivity index (χ3n) is 2.60. The molecule has 0 spiro atoms. The zero-order valence-corrected chi connectivity index (χ0v) is 8.21. The molecule has 0 saturated heterocycles. The van der Waals surface area contributed by atoms with Crippen LogP contribution in [-0.2, 0) is 19.1 Å². The second-order valence-electron chi connectivity index (χ2n) is 3.67. The first-order chi connectivity index (χ1) is 7.41. The van der Waals surface area contributed by atoms with Crippen molar-refractivity contribution in [2.75, 3.05) is 0 Å². The van der Waals surface area contributed by atoms with Gasteiger partial charge in [0, 0.05) is 5.56 Å². The molecular weight excluding hydrogens is 225 g/mol. The van der Waals surface area contributed by atoms with Gasteiger partial charge in [0.1, 0.15) is 0 Å². The molecule has 1 aliphatic carbocycles. The lowest BCUT2D eigenvalue weighted by atomic mass is 9.96. The van der Waals surface area contributed by atoms with Gasteiger partial charge in [-0.1, -0.05) is 0 Å². The van der Waals surface area contributed by atoms with Gasteiger partial charge in [-0.2, -0.15) is 9.78 Å². The number of fused-ring (bicyclic) bond motifs is 1. The average Bonchev–Trinajstić information content (AvgIpc) is 2.55. The summed E-state index contributed by atoms with van der Waals surface area (Å²) in [6, 6.07) is 0. The van der Waals surface area contributed by atoms with Gasteiger partial charge in [-0.15, -0.1) is 13.2 Å². The van der Waals surface area contributed by atoms with Gasteiger partial charge in [0.05, 0.1) is 5.69 Å². The van der Waals surface area contributed by atoms with E-state index in [0.29, 0.717) is 19.3 Å². The summed E-state index contributed by atoms with van der Waals surface area (Å²) in [6.07, 6.45) is -2.55. The quantitative estimate of drug-likeness (QED) is 0.807. The maximum atomic E-state index is 12.5.